The first-order valence-corrected chi connectivity index (χ1v) is 7.60. The summed E-state index contributed by atoms with van der Waals surface area (Å²) < 4.78 is 0. The molecule has 0 bridgehead atoms. The third kappa shape index (κ3) is 3.11. The molecule has 20 heavy (non-hydrogen) atoms. The molecule has 0 unspecified atom stereocenters. The summed E-state index contributed by atoms with van der Waals surface area (Å²) in [4.78, 5) is 6.96. The Balaban J connectivity index is 2.23. The van der Waals surface area contributed by atoms with Crippen LogP contribution in [0.3, 0.4) is 0 Å². The van der Waals surface area contributed by atoms with Gasteiger partial charge in [-0.2, -0.15) is 0 Å². The molecule has 0 aliphatic carbocycles. The summed E-state index contributed by atoms with van der Waals surface area (Å²) in [5.41, 5.74) is 8.62. The fourth-order valence-electron chi connectivity index (χ4n) is 3.22. The van der Waals surface area contributed by atoms with E-state index in [0.29, 0.717) is 0 Å². The first-order valence-electron chi connectivity index (χ1n) is 7.60. The first kappa shape index (κ1) is 14.8. The highest BCUT2D eigenvalue weighted by Gasteiger charge is 2.23. The molecule has 1 aliphatic heterocycles. The van der Waals surface area contributed by atoms with E-state index in [1.807, 2.05) is 19.9 Å². The molecule has 0 spiro atoms. The number of nitrogens with one attached hydrogen (secondary N) is 1. The molecule has 0 amide bonds. The van der Waals surface area contributed by atoms with E-state index in [1.165, 1.54) is 25.7 Å². The van der Waals surface area contributed by atoms with Crippen molar-refractivity contribution in [1.82, 2.24) is 4.98 Å². The Hall–Kier alpha value is -1.58. The molecule has 2 heterocycles. The number of nitrogen functional groups attached to an aromatic ring is 1. The zero-order valence-electron chi connectivity index (χ0n) is 12.9. The number of hydrogen-bond acceptors (Lipinski definition) is 3. The van der Waals surface area contributed by atoms with E-state index >= 15 is 0 Å². The van der Waals surface area contributed by atoms with Crippen LogP contribution < -0.4 is 10.6 Å². The lowest BCUT2D eigenvalue weighted by molar-refractivity contribution is 0.377. The van der Waals surface area contributed by atoms with Gasteiger partial charge < -0.3 is 10.6 Å². The van der Waals surface area contributed by atoms with Crippen LogP contribution in [-0.2, 0) is 0 Å². The number of hydrogen-bond donors (Lipinski definition) is 2. The van der Waals surface area contributed by atoms with Crippen molar-refractivity contribution in [2.45, 2.75) is 46.5 Å². The number of pyridine rings is 1. The van der Waals surface area contributed by atoms with Crippen LogP contribution in [0.2, 0.25) is 0 Å². The SMILES string of the molecule is CCCC1CCN(c2nc(C)cc(C)c2C(=N)N)CC1. The minimum Gasteiger partial charge on any atom is -0.384 e. The number of aromatic nitrogens is 1. The van der Waals surface area contributed by atoms with E-state index in [-0.39, 0.29) is 5.84 Å². The van der Waals surface area contributed by atoms with Crippen molar-refractivity contribution in [2.75, 3.05) is 18.0 Å². The molecule has 0 atom stereocenters. The number of amidine groups is 1. The van der Waals surface area contributed by atoms with Gasteiger partial charge >= 0.3 is 0 Å². The molecule has 3 N–H and O–H groups in total. The van der Waals surface area contributed by atoms with Crippen LogP contribution in [0, 0.1) is 25.2 Å². The lowest BCUT2D eigenvalue weighted by atomic mass is 9.92. The highest BCUT2D eigenvalue weighted by Crippen LogP contribution is 2.28. The van der Waals surface area contributed by atoms with Crippen LogP contribution in [0.4, 0.5) is 5.82 Å². The Bertz CT molecular complexity index is 487. The quantitative estimate of drug-likeness (QED) is 0.655. The van der Waals surface area contributed by atoms with Crippen LogP contribution in [0.15, 0.2) is 6.07 Å². The van der Waals surface area contributed by atoms with Crippen molar-refractivity contribution >= 4 is 11.7 Å². The fraction of sp³-hybridized carbons (Fsp3) is 0.625. The van der Waals surface area contributed by atoms with Crippen molar-refractivity contribution in [1.29, 1.82) is 5.41 Å². The number of piperidine rings is 1. The molecule has 2 rings (SSSR count). The molecular formula is C16H26N4. The predicted molar refractivity (Wildman–Crippen MR) is 84.6 cm³/mol. The number of aryl methyl sites for hydroxylation is 2. The maximum atomic E-state index is 7.82. The largest absolute Gasteiger partial charge is 0.384 e. The number of rotatable bonds is 4. The van der Waals surface area contributed by atoms with Gasteiger partial charge in [-0.15, -0.1) is 0 Å². The Kier molecular flexibility index (Phi) is 4.63. The summed E-state index contributed by atoms with van der Waals surface area (Å²) in [6.45, 7) is 8.33. The van der Waals surface area contributed by atoms with E-state index in [2.05, 4.69) is 16.8 Å². The maximum absolute atomic E-state index is 7.82. The number of nitrogens with two attached hydrogens (primary N) is 1. The molecule has 4 heteroatoms. The molecule has 0 aromatic carbocycles. The van der Waals surface area contributed by atoms with Gasteiger partial charge in [-0.3, -0.25) is 5.41 Å². The van der Waals surface area contributed by atoms with Gasteiger partial charge in [0.25, 0.3) is 0 Å². The zero-order chi connectivity index (χ0) is 14.7. The summed E-state index contributed by atoms with van der Waals surface area (Å²) in [7, 11) is 0. The molecule has 0 radical (unpaired) electrons. The summed E-state index contributed by atoms with van der Waals surface area (Å²) in [5, 5.41) is 7.82. The normalized spacial score (nSPS) is 16.4. The highest BCUT2D eigenvalue weighted by atomic mass is 15.2. The van der Waals surface area contributed by atoms with Crippen molar-refractivity contribution in [2.24, 2.45) is 11.7 Å². The third-order valence-electron chi connectivity index (χ3n) is 4.21. The Morgan fingerprint density at radius 1 is 1.40 bits per heavy atom. The van der Waals surface area contributed by atoms with Crippen molar-refractivity contribution in [3.05, 3.63) is 22.9 Å². The Morgan fingerprint density at radius 2 is 2.05 bits per heavy atom. The predicted octanol–water partition coefficient (Wildman–Crippen LogP) is 3.00. The first-order chi connectivity index (χ1) is 9.52. The maximum Gasteiger partial charge on any atom is 0.140 e. The Morgan fingerprint density at radius 3 is 2.60 bits per heavy atom. The second kappa shape index (κ2) is 6.25. The molecule has 1 saturated heterocycles. The average molecular weight is 274 g/mol. The van der Waals surface area contributed by atoms with Crippen LogP contribution in [0.25, 0.3) is 0 Å². The minimum atomic E-state index is 0.126. The van der Waals surface area contributed by atoms with Gasteiger partial charge in [-0.1, -0.05) is 19.8 Å². The molecule has 1 fully saturated rings. The van der Waals surface area contributed by atoms with Crippen LogP contribution in [0.1, 0.15) is 49.4 Å². The fourth-order valence-corrected chi connectivity index (χ4v) is 3.22. The van der Waals surface area contributed by atoms with Crippen LogP contribution in [0.5, 0.6) is 0 Å². The average Bonchev–Trinajstić information content (AvgIpc) is 2.38. The second-order valence-corrected chi connectivity index (χ2v) is 5.91. The van der Waals surface area contributed by atoms with Gasteiger partial charge in [0.1, 0.15) is 11.7 Å². The lowest BCUT2D eigenvalue weighted by Gasteiger charge is -2.34. The van der Waals surface area contributed by atoms with Gasteiger partial charge in [-0.05, 0) is 44.2 Å². The van der Waals surface area contributed by atoms with Crippen molar-refractivity contribution in [3.63, 3.8) is 0 Å². The van der Waals surface area contributed by atoms with Crippen molar-refractivity contribution < 1.29 is 0 Å². The van der Waals surface area contributed by atoms with E-state index in [1.54, 1.807) is 0 Å². The number of nitrogens with zero attached hydrogens (tertiary/aromatic N) is 2. The van der Waals surface area contributed by atoms with E-state index in [0.717, 1.165) is 41.6 Å². The van der Waals surface area contributed by atoms with Gasteiger partial charge in [0.05, 0.1) is 5.56 Å². The summed E-state index contributed by atoms with van der Waals surface area (Å²) in [5.74, 6) is 1.88. The third-order valence-corrected chi connectivity index (χ3v) is 4.21. The Labute approximate surface area is 121 Å². The van der Waals surface area contributed by atoms with Crippen LogP contribution >= 0.6 is 0 Å². The summed E-state index contributed by atoms with van der Waals surface area (Å²) >= 11 is 0. The molecule has 1 aromatic heterocycles. The molecule has 110 valence electrons. The summed E-state index contributed by atoms with van der Waals surface area (Å²) in [6.07, 6.45) is 5.04. The van der Waals surface area contributed by atoms with E-state index < -0.39 is 0 Å². The smallest absolute Gasteiger partial charge is 0.140 e. The van der Waals surface area contributed by atoms with Gasteiger partial charge in [-0.25, -0.2) is 4.98 Å². The highest BCUT2D eigenvalue weighted by molar-refractivity contribution is 6.01. The number of anilines is 1. The summed E-state index contributed by atoms with van der Waals surface area (Å²) in [6, 6.07) is 2.00. The van der Waals surface area contributed by atoms with Gasteiger partial charge in [0.15, 0.2) is 0 Å². The van der Waals surface area contributed by atoms with Gasteiger partial charge in [0.2, 0.25) is 0 Å². The second-order valence-electron chi connectivity index (χ2n) is 5.91. The topological polar surface area (TPSA) is 66.0 Å². The standard InChI is InChI=1S/C16H26N4/c1-4-5-13-6-8-20(9-7-13)16-14(15(17)18)11(2)10-12(3)19-16/h10,13H,4-9H2,1-3H3,(H3,17,18). The lowest BCUT2D eigenvalue weighted by Crippen LogP contribution is -2.36. The van der Waals surface area contributed by atoms with Gasteiger partial charge in [0, 0.05) is 18.8 Å². The van der Waals surface area contributed by atoms with Crippen molar-refractivity contribution in [3.8, 4) is 0 Å². The zero-order valence-corrected chi connectivity index (χ0v) is 12.9. The molecular weight excluding hydrogens is 248 g/mol. The van der Waals surface area contributed by atoms with E-state index in [9.17, 15) is 0 Å². The molecule has 4 nitrogen and oxygen atoms in total. The molecule has 1 aliphatic rings. The van der Waals surface area contributed by atoms with Crippen LogP contribution in [-0.4, -0.2) is 23.9 Å². The van der Waals surface area contributed by atoms with E-state index in [4.69, 9.17) is 11.1 Å². The molecule has 1 aromatic rings. The minimum absolute atomic E-state index is 0.126. The molecule has 0 saturated carbocycles. The monoisotopic (exact) mass is 274 g/mol.